The first-order valence-electron chi connectivity index (χ1n) is 6.13. The number of anilines is 2. The number of carboxylic acids is 1. The molecule has 0 aliphatic rings. The zero-order valence-corrected chi connectivity index (χ0v) is 12.8. The van der Waals surface area contributed by atoms with Crippen LogP contribution in [0.5, 0.6) is 0 Å². The van der Waals surface area contributed by atoms with Gasteiger partial charge in [0.2, 0.25) is 0 Å². The Kier molecular flexibility index (Phi) is 4.59. The van der Waals surface area contributed by atoms with Crippen LogP contribution in [-0.2, 0) is 0 Å². The zero-order chi connectivity index (χ0) is 15.4. The van der Waals surface area contributed by atoms with Crippen molar-refractivity contribution in [3.05, 3.63) is 58.1 Å². The van der Waals surface area contributed by atoms with Gasteiger partial charge in [-0.3, -0.25) is 0 Å². The second-order valence-electron chi connectivity index (χ2n) is 4.42. The van der Waals surface area contributed by atoms with Crippen LogP contribution in [0.3, 0.4) is 0 Å². The fourth-order valence-electron chi connectivity index (χ4n) is 1.81. The summed E-state index contributed by atoms with van der Waals surface area (Å²) in [6.45, 7) is 1.68. The number of hydrogen-bond donors (Lipinski definition) is 3. The maximum Gasteiger partial charge on any atom is 0.335 e. The maximum atomic E-state index is 11.8. The molecule has 0 saturated carbocycles. The molecule has 21 heavy (non-hydrogen) atoms. The second kappa shape index (κ2) is 6.41. The molecule has 0 radical (unpaired) electrons. The van der Waals surface area contributed by atoms with Gasteiger partial charge >= 0.3 is 12.0 Å². The first-order valence-corrected chi connectivity index (χ1v) is 6.92. The highest BCUT2D eigenvalue weighted by Gasteiger charge is 2.08. The van der Waals surface area contributed by atoms with Gasteiger partial charge in [-0.05, 0) is 55.0 Å². The second-order valence-corrected chi connectivity index (χ2v) is 5.34. The Balaban J connectivity index is 2.04. The molecule has 2 aromatic rings. The molecule has 2 rings (SSSR count). The molecule has 0 fully saturated rings. The van der Waals surface area contributed by atoms with Gasteiger partial charge in [-0.2, -0.15) is 0 Å². The van der Waals surface area contributed by atoms with Crippen LogP contribution in [-0.4, -0.2) is 17.1 Å². The summed E-state index contributed by atoms with van der Waals surface area (Å²) in [7, 11) is 0. The van der Waals surface area contributed by atoms with Crippen molar-refractivity contribution in [2.24, 2.45) is 0 Å². The molecule has 0 saturated heterocycles. The Morgan fingerprint density at radius 3 is 2.14 bits per heavy atom. The third kappa shape index (κ3) is 4.06. The molecule has 0 aliphatic carbocycles. The Bertz CT molecular complexity index is 684. The minimum Gasteiger partial charge on any atom is -0.478 e. The molecule has 0 heterocycles. The molecule has 2 aromatic carbocycles. The number of rotatable bonds is 3. The predicted molar refractivity (Wildman–Crippen MR) is 84.9 cm³/mol. The van der Waals surface area contributed by atoms with Crippen LogP contribution in [0.15, 0.2) is 46.9 Å². The quantitative estimate of drug-likeness (QED) is 0.781. The van der Waals surface area contributed by atoms with Crippen molar-refractivity contribution in [1.82, 2.24) is 0 Å². The summed E-state index contributed by atoms with van der Waals surface area (Å²) < 4.78 is 0.924. The van der Waals surface area contributed by atoms with E-state index in [1.165, 1.54) is 6.07 Å². The van der Waals surface area contributed by atoms with Crippen LogP contribution in [0.25, 0.3) is 0 Å². The number of carboxylic acid groups (broad SMARTS) is 1. The van der Waals surface area contributed by atoms with Crippen molar-refractivity contribution in [1.29, 1.82) is 0 Å². The Morgan fingerprint density at radius 2 is 1.57 bits per heavy atom. The Morgan fingerprint density at radius 1 is 1.00 bits per heavy atom. The number of aromatic carboxylic acids is 1. The molecular weight excluding hydrogens is 336 g/mol. The lowest BCUT2D eigenvalue weighted by atomic mass is 10.1. The lowest BCUT2D eigenvalue weighted by Gasteiger charge is -2.09. The van der Waals surface area contributed by atoms with Gasteiger partial charge in [-0.15, -0.1) is 0 Å². The monoisotopic (exact) mass is 348 g/mol. The number of aryl methyl sites for hydroxylation is 1. The Labute approximate surface area is 130 Å². The van der Waals surface area contributed by atoms with Gasteiger partial charge in [-0.25, -0.2) is 9.59 Å². The highest BCUT2D eigenvalue weighted by atomic mass is 79.9. The van der Waals surface area contributed by atoms with Gasteiger partial charge in [0.25, 0.3) is 0 Å². The molecule has 2 amide bonds. The molecule has 5 nitrogen and oxygen atoms in total. The fraction of sp³-hybridized carbons (Fsp3) is 0.0667. The van der Waals surface area contributed by atoms with Crippen LogP contribution in [0.1, 0.15) is 15.9 Å². The summed E-state index contributed by atoms with van der Waals surface area (Å²) in [5.41, 5.74) is 2.00. The molecule has 108 valence electrons. The minimum absolute atomic E-state index is 0.217. The first-order chi connectivity index (χ1) is 9.95. The van der Waals surface area contributed by atoms with Crippen molar-refractivity contribution in [3.8, 4) is 0 Å². The number of hydrogen-bond acceptors (Lipinski definition) is 2. The summed E-state index contributed by atoms with van der Waals surface area (Å²) in [4.78, 5) is 22.8. The van der Waals surface area contributed by atoms with E-state index in [1.54, 1.807) is 31.2 Å². The van der Waals surface area contributed by atoms with Gasteiger partial charge < -0.3 is 15.7 Å². The zero-order valence-electron chi connectivity index (χ0n) is 11.2. The fourth-order valence-corrected chi connectivity index (χ4v) is 2.07. The SMILES string of the molecule is Cc1cc(NC(=O)Nc2ccc(Br)cc2)ccc1C(=O)O. The molecule has 0 spiro atoms. The number of urea groups is 1. The van der Waals surface area contributed by atoms with E-state index in [4.69, 9.17) is 5.11 Å². The molecule has 0 unspecified atom stereocenters. The lowest BCUT2D eigenvalue weighted by molar-refractivity contribution is 0.0696. The predicted octanol–water partition coefficient (Wildman–Crippen LogP) is 4.10. The van der Waals surface area contributed by atoms with Gasteiger partial charge in [0.05, 0.1) is 5.56 Å². The summed E-state index contributed by atoms with van der Waals surface area (Å²) >= 11 is 3.32. The van der Waals surface area contributed by atoms with Gasteiger partial charge in [-0.1, -0.05) is 15.9 Å². The third-order valence-corrected chi connectivity index (χ3v) is 3.35. The molecule has 0 atom stereocenters. The maximum absolute atomic E-state index is 11.8. The largest absolute Gasteiger partial charge is 0.478 e. The molecule has 0 aliphatic heterocycles. The number of carbonyl (C=O) groups excluding carboxylic acids is 1. The van der Waals surface area contributed by atoms with E-state index in [9.17, 15) is 9.59 Å². The van der Waals surface area contributed by atoms with E-state index >= 15 is 0 Å². The van der Waals surface area contributed by atoms with Crippen LogP contribution in [0.4, 0.5) is 16.2 Å². The third-order valence-electron chi connectivity index (χ3n) is 2.82. The van der Waals surface area contributed by atoms with Crippen molar-refractivity contribution in [2.75, 3.05) is 10.6 Å². The average Bonchev–Trinajstić information content (AvgIpc) is 2.41. The highest BCUT2D eigenvalue weighted by Crippen LogP contribution is 2.17. The van der Waals surface area contributed by atoms with E-state index in [-0.39, 0.29) is 11.6 Å². The lowest BCUT2D eigenvalue weighted by Crippen LogP contribution is -2.19. The van der Waals surface area contributed by atoms with Crippen molar-refractivity contribution >= 4 is 39.3 Å². The number of benzene rings is 2. The summed E-state index contributed by atoms with van der Waals surface area (Å²) in [5, 5.41) is 14.3. The van der Waals surface area contributed by atoms with E-state index in [2.05, 4.69) is 26.6 Å². The van der Waals surface area contributed by atoms with Crippen LogP contribution in [0.2, 0.25) is 0 Å². The van der Waals surface area contributed by atoms with Gasteiger partial charge in [0.1, 0.15) is 0 Å². The molecule has 6 heteroatoms. The summed E-state index contributed by atoms with van der Waals surface area (Å²) in [6, 6.07) is 11.4. The van der Waals surface area contributed by atoms with Crippen molar-refractivity contribution in [3.63, 3.8) is 0 Å². The topological polar surface area (TPSA) is 78.4 Å². The van der Waals surface area contributed by atoms with Gasteiger partial charge in [0.15, 0.2) is 0 Å². The molecule has 0 aromatic heterocycles. The standard InChI is InChI=1S/C15H13BrN2O3/c1-9-8-12(6-7-13(9)14(19)20)18-15(21)17-11-4-2-10(16)3-5-11/h2-8H,1H3,(H,19,20)(H2,17,18,21). The van der Waals surface area contributed by atoms with Crippen LogP contribution in [0, 0.1) is 6.92 Å². The number of nitrogens with one attached hydrogen (secondary N) is 2. The van der Waals surface area contributed by atoms with E-state index < -0.39 is 5.97 Å². The average molecular weight is 349 g/mol. The molecule has 0 bridgehead atoms. The van der Waals surface area contributed by atoms with E-state index in [0.717, 1.165) is 4.47 Å². The Hall–Kier alpha value is -2.34. The number of carbonyl (C=O) groups is 2. The van der Waals surface area contributed by atoms with E-state index in [0.29, 0.717) is 16.9 Å². The highest BCUT2D eigenvalue weighted by molar-refractivity contribution is 9.10. The summed E-state index contributed by atoms with van der Waals surface area (Å²) in [5.74, 6) is -0.988. The van der Waals surface area contributed by atoms with Crippen molar-refractivity contribution < 1.29 is 14.7 Å². The molecule has 3 N–H and O–H groups in total. The number of halogens is 1. The number of amides is 2. The molecular formula is C15H13BrN2O3. The van der Waals surface area contributed by atoms with Crippen molar-refractivity contribution in [2.45, 2.75) is 6.92 Å². The smallest absolute Gasteiger partial charge is 0.335 e. The normalized spacial score (nSPS) is 10.0. The van der Waals surface area contributed by atoms with E-state index in [1.807, 2.05) is 12.1 Å². The minimum atomic E-state index is -0.988. The van der Waals surface area contributed by atoms with Crippen LogP contribution < -0.4 is 10.6 Å². The van der Waals surface area contributed by atoms with Crippen LogP contribution >= 0.6 is 15.9 Å². The summed E-state index contributed by atoms with van der Waals surface area (Å²) in [6.07, 6.45) is 0. The first kappa shape index (κ1) is 15.1. The van der Waals surface area contributed by atoms with Gasteiger partial charge in [0, 0.05) is 15.8 Å².